The highest BCUT2D eigenvalue weighted by Gasteiger charge is 2.45. The molecule has 0 saturated carbocycles. The first-order chi connectivity index (χ1) is 13.8. The van der Waals surface area contributed by atoms with Crippen molar-refractivity contribution < 1.29 is 9.53 Å². The zero-order chi connectivity index (χ0) is 21.0. The first-order valence-electron chi connectivity index (χ1n) is 11.5. The maximum atomic E-state index is 12.6. The second kappa shape index (κ2) is 9.54. The van der Waals surface area contributed by atoms with Gasteiger partial charge in [0.1, 0.15) is 5.60 Å². The van der Waals surface area contributed by atoms with Crippen LogP contribution in [0.3, 0.4) is 0 Å². The number of likely N-dealkylation sites (N-methyl/N-ethyl adjacent to an activating group) is 1. The van der Waals surface area contributed by atoms with Crippen molar-refractivity contribution in [2.75, 3.05) is 26.7 Å². The van der Waals surface area contributed by atoms with Gasteiger partial charge in [-0.1, -0.05) is 13.3 Å². The largest absolute Gasteiger partial charge is 0.444 e. The molecule has 0 spiro atoms. The number of carbonyl (C=O) groups is 1. The number of hydrogen-bond donors (Lipinski definition) is 2. The molecule has 7 heteroatoms. The summed E-state index contributed by atoms with van der Waals surface area (Å²) >= 11 is 0. The van der Waals surface area contributed by atoms with Gasteiger partial charge in [-0.2, -0.15) is 0 Å². The maximum absolute atomic E-state index is 12.6. The second-order valence-corrected chi connectivity index (χ2v) is 9.82. The quantitative estimate of drug-likeness (QED) is 0.554. The van der Waals surface area contributed by atoms with Gasteiger partial charge in [-0.15, -0.1) is 0 Å². The number of nitrogens with one attached hydrogen (secondary N) is 2. The minimum atomic E-state index is -0.441. The summed E-state index contributed by atoms with van der Waals surface area (Å²) in [6.45, 7) is 11.3. The van der Waals surface area contributed by atoms with Crippen LogP contribution in [-0.2, 0) is 4.74 Å². The molecule has 29 heavy (non-hydrogen) atoms. The first-order valence-corrected chi connectivity index (χ1v) is 11.5. The highest BCUT2D eigenvalue weighted by Crippen LogP contribution is 2.36. The van der Waals surface area contributed by atoms with Gasteiger partial charge in [-0.25, -0.2) is 4.79 Å². The molecule has 1 amide bonds. The van der Waals surface area contributed by atoms with E-state index < -0.39 is 5.60 Å². The van der Waals surface area contributed by atoms with E-state index in [2.05, 4.69) is 27.4 Å². The topological polar surface area (TPSA) is 69.2 Å². The molecule has 3 fully saturated rings. The molecule has 3 heterocycles. The minimum absolute atomic E-state index is 0.150. The molecule has 3 unspecified atom stereocenters. The summed E-state index contributed by atoms with van der Waals surface area (Å²) in [5.74, 6) is 0.891. The number of ether oxygens (including phenoxy) is 1. The van der Waals surface area contributed by atoms with Crippen molar-refractivity contribution in [2.24, 2.45) is 4.99 Å². The Kier molecular flexibility index (Phi) is 7.30. The Bertz CT molecular complexity index is 574. The lowest BCUT2D eigenvalue weighted by Gasteiger charge is -2.40. The summed E-state index contributed by atoms with van der Waals surface area (Å²) in [6.07, 6.45) is 7.81. The van der Waals surface area contributed by atoms with Crippen LogP contribution in [-0.4, -0.2) is 78.3 Å². The van der Waals surface area contributed by atoms with E-state index in [4.69, 9.17) is 4.74 Å². The Hall–Kier alpha value is -1.50. The Morgan fingerprint density at radius 3 is 2.41 bits per heavy atom. The third kappa shape index (κ3) is 5.77. The number of nitrogens with zero attached hydrogens (tertiary/aromatic N) is 3. The van der Waals surface area contributed by atoms with Crippen LogP contribution in [0.4, 0.5) is 4.79 Å². The fourth-order valence-electron chi connectivity index (χ4n) is 5.22. The second-order valence-electron chi connectivity index (χ2n) is 9.82. The molecule has 0 aliphatic carbocycles. The number of likely N-dealkylation sites (tertiary alicyclic amines) is 1. The van der Waals surface area contributed by atoms with Crippen molar-refractivity contribution in [2.45, 2.75) is 102 Å². The van der Waals surface area contributed by atoms with Gasteiger partial charge < -0.3 is 20.3 Å². The zero-order valence-electron chi connectivity index (χ0n) is 19.0. The molecule has 3 saturated heterocycles. The molecule has 3 atom stereocenters. The van der Waals surface area contributed by atoms with E-state index in [1.54, 1.807) is 0 Å². The number of guanidine groups is 1. The van der Waals surface area contributed by atoms with Gasteiger partial charge in [0, 0.05) is 37.8 Å². The van der Waals surface area contributed by atoms with Crippen LogP contribution in [0, 0.1) is 0 Å². The molecular weight excluding hydrogens is 366 g/mol. The highest BCUT2D eigenvalue weighted by atomic mass is 16.6. The molecule has 0 radical (unpaired) electrons. The number of carbonyl (C=O) groups excluding carboxylic acids is 1. The number of amides is 1. The van der Waals surface area contributed by atoms with Crippen LogP contribution >= 0.6 is 0 Å². The number of hydrogen-bond acceptors (Lipinski definition) is 4. The number of rotatable bonds is 4. The summed E-state index contributed by atoms with van der Waals surface area (Å²) in [4.78, 5) is 21.7. The predicted molar refractivity (Wildman–Crippen MR) is 117 cm³/mol. The molecule has 0 aromatic rings. The third-order valence-corrected chi connectivity index (χ3v) is 6.56. The maximum Gasteiger partial charge on any atom is 0.410 e. The fourth-order valence-corrected chi connectivity index (χ4v) is 5.22. The average Bonchev–Trinajstić information content (AvgIpc) is 2.95. The Labute approximate surface area is 176 Å². The van der Waals surface area contributed by atoms with Gasteiger partial charge >= 0.3 is 6.09 Å². The van der Waals surface area contributed by atoms with Crippen LogP contribution in [0.1, 0.15) is 72.6 Å². The van der Waals surface area contributed by atoms with E-state index >= 15 is 0 Å². The van der Waals surface area contributed by atoms with E-state index in [0.717, 1.165) is 44.7 Å². The molecule has 2 bridgehead atoms. The molecule has 3 aliphatic heterocycles. The fraction of sp³-hybridized carbons (Fsp3) is 0.909. The summed E-state index contributed by atoms with van der Waals surface area (Å²) in [7, 11) is 1.85. The summed E-state index contributed by atoms with van der Waals surface area (Å²) in [6, 6.07) is 1.49. The number of fused-ring (bicyclic) bond motifs is 2. The van der Waals surface area contributed by atoms with Crippen LogP contribution in [0.5, 0.6) is 0 Å². The zero-order valence-corrected chi connectivity index (χ0v) is 19.0. The molecule has 3 rings (SSSR count). The van der Waals surface area contributed by atoms with E-state index in [1.807, 2.05) is 32.7 Å². The van der Waals surface area contributed by atoms with Crippen LogP contribution in [0.25, 0.3) is 0 Å². The monoisotopic (exact) mass is 407 g/mol. The summed E-state index contributed by atoms with van der Waals surface area (Å²) < 4.78 is 5.65. The highest BCUT2D eigenvalue weighted by molar-refractivity contribution is 5.80. The van der Waals surface area contributed by atoms with Gasteiger partial charge in [-0.3, -0.25) is 9.89 Å². The number of piperidine rings is 2. The van der Waals surface area contributed by atoms with Crippen LogP contribution < -0.4 is 10.6 Å². The van der Waals surface area contributed by atoms with Crippen LogP contribution in [0.2, 0.25) is 0 Å². The standard InChI is InChI=1S/C22H41N5O2/c1-6-26-12-8-7-9-19(26)15-24-20(23-5)25-16-13-17-10-11-18(14-16)27(17)21(28)29-22(2,3)4/h16-19H,6-15H2,1-5H3,(H2,23,24,25). The minimum Gasteiger partial charge on any atom is -0.444 e. The first kappa shape index (κ1) is 22.2. The molecule has 0 aromatic heterocycles. The molecule has 166 valence electrons. The number of aliphatic imine (C=N–C) groups is 1. The van der Waals surface area contributed by atoms with Crippen molar-refractivity contribution in [1.29, 1.82) is 0 Å². The Morgan fingerprint density at radius 2 is 1.83 bits per heavy atom. The van der Waals surface area contributed by atoms with Crippen molar-refractivity contribution >= 4 is 12.1 Å². The van der Waals surface area contributed by atoms with Crippen molar-refractivity contribution in [1.82, 2.24) is 20.4 Å². The Balaban J connectivity index is 1.50. The summed E-state index contributed by atoms with van der Waals surface area (Å²) in [5, 5.41) is 7.19. The SMILES string of the molecule is CCN1CCCCC1CNC(=NC)NC1CC2CCC(C1)N2C(=O)OC(C)(C)C. The van der Waals surface area contributed by atoms with E-state index in [9.17, 15) is 4.79 Å². The van der Waals surface area contributed by atoms with Crippen LogP contribution in [0.15, 0.2) is 4.99 Å². The smallest absolute Gasteiger partial charge is 0.410 e. The molecular formula is C22H41N5O2. The molecule has 2 N–H and O–H groups in total. The lowest BCUT2D eigenvalue weighted by molar-refractivity contribution is 0.00544. The van der Waals surface area contributed by atoms with Crippen molar-refractivity contribution in [3.63, 3.8) is 0 Å². The van der Waals surface area contributed by atoms with Gasteiger partial charge in [0.15, 0.2) is 5.96 Å². The van der Waals surface area contributed by atoms with E-state index in [0.29, 0.717) is 12.1 Å². The molecule has 3 aliphatic rings. The molecule has 7 nitrogen and oxygen atoms in total. The normalized spacial score (nSPS) is 30.9. The molecule has 0 aromatic carbocycles. The van der Waals surface area contributed by atoms with E-state index in [-0.39, 0.29) is 18.2 Å². The van der Waals surface area contributed by atoms with Crippen molar-refractivity contribution in [3.8, 4) is 0 Å². The van der Waals surface area contributed by atoms with Gasteiger partial charge in [0.25, 0.3) is 0 Å². The summed E-state index contributed by atoms with van der Waals surface area (Å²) in [5.41, 5.74) is -0.441. The van der Waals surface area contributed by atoms with Gasteiger partial charge in [0.2, 0.25) is 0 Å². The van der Waals surface area contributed by atoms with Gasteiger partial charge in [-0.05, 0) is 72.4 Å². The van der Waals surface area contributed by atoms with Crippen molar-refractivity contribution in [3.05, 3.63) is 0 Å². The Morgan fingerprint density at radius 1 is 1.14 bits per heavy atom. The average molecular weight is 408 g/mol. The van der Waals surface area contributed by atoms with Gasteiger partial charge in [0.05, 0.1) is 0 Å². The predicted octanol–water partition coefficient (Wildman–Crippen LogP) is 2.96. The lowest BCUT2D eigenvalue weighted by atomic mass is 9.98. The van der Waals surface area contributed by atoms with E-state index in [1.165, 1.54) is 25.8 Å². The third-order valence-electron chi connectivity index (χ3n) is 6.56. The lowest BCUT2D eigenvalue weighted by Crippen LogP contribution is -2.56.